The lowest BCUT2D eigenvalue weighted by atomic mass is 10.1. The van der Waals surface area contributed by atoms with Crippen molar-refractivity contribution in [2.24, 2.45) is 0 Å². The van der Waals surface area contributed by atoms with E-state index in [-0.39, 0.29) is 0 Å². The third kappa shape index (κ3) is 1.82. The Hall–Kier alpha value is -1.68. The first kappa shape index (κ1) is 11.4. The molecule has 94 valence electrons. The SMILES string of the molecule is CNC1CCN(c2nnc(C)c3ccccc23)C1. The second-order valence-electron chi connectivity index (χ2n) is 4.87. The minimum Gasteiger partial charge on any atom is -0.353 e. The summed E-state index contributed by atoms with van der Waals surface area (Å²) in [4.78, 5) is 2.33. The fraction of sp³-hybridized carbons (Fsp3) is 0.429. The summed E-state index contributed by atoms with van der Waals surface area (Å²) in [6, 6.07) is 8.94. The lowest BCUT2D eigenvalue weighted by molar-refractivity contribution is 0.616. The molecule has 4 heteroatoms. The first-order valence-electron chi connectivity index (χ1n) is 6.44. The van der Waals surface area contributed by atoms with Gasteiger partial charge in [-0.3, -0.25) is 0 Å². The van der Waals surface area contributed by atoms with Crippen LogP contribution < -0.4 is 10.2 Å². The van der Waals surface area contributed by atoms with Crippen molar-refractivity contribution < 1.29 is 0 Å². The highest BCUT2D eigenvalue weighted by atomic mass is 15.3. The Morgan fingerprint density at radius 2 is 2.00 bits per heavy atom. The van der Waals surface area contributed by atoms with Crippen LogP contribution in [0.3, 0.4) is 0 Å². The number of likely N-dealkylation sites (N-methyl/N-ethyl adjacent to an activating group) is 1. The predicted molar refractivity (Wildman–Crippen MR) is 74.0 cm³/mol. The van der Waals surface area contributed by atoms with E-state index < -0.39 is 0 Å². The van der Waals surface area contributed by atoms with Gasteiger partial charge in [-0.25, -0.2) is 0 Å². The fourth-order valence-electron chi connectivity index (χ4n) is 2.65. The molecule has 1 atom stereocenters. The number of fused-ring (bicyclic) bond motifs is 1. The number of aryl methyl sites for hydroxylation is 1. The van der Waals surface area contributed by atoms with Gasteiger partial charge >= 0.3 is 0 Å². The van der Waals surface area contributed by atoms with Gasteiger partial charge in [0.15, 0.2) is 5.82 Å². The largest absolute Gasteiger partial charge is 0.353 e. The molecule has 18 heavy (non-hydrogen) atoms. The molecular formula is C14H18N4. The zero-order valence-electron chi connectivity index (χ0n) is 10.8. The highest BCUT2D eigenvalue weighted by Gasteiger charge is 2.23. The van der Waals surface area contributed by atoms with Crippen molar-refractivity contribution in [1.82, 2.24) is 15.5 Å². The molecule has 1 N–H and O–H groups in total. The number of benzene rings is 1. The van der Waals surface area contributed by atoms with Crippen LogP contribution >= 0.6 is 0 Å². The number of nitrogens with zero attached hydrogens (tertiary/aromatic N) is 3. The Labute approximate surface area is 107 Å². The number of rotatable bonds is 2. The molecule has 1 saturated heterocycles. The van der Waals surface area contributed by atoms with Gasteiger partial charge in [-0.15, -0.1) is 5.10 Å². The van der Waals surface area contributed by atoms with Crippen LogP contribution in [0.2, 0.25) is 0 Å². The molecule has 2 heterocycles. The topological polar surface area (TPSA) is 41.0 Å². The maximum atomic E-state index is 4.41. The average Bonchev–Trinajstić information content (AvgIpc) is 2.88. The lowest BCUT2D eigenvalue weighted by Gasteiger charge is -2.19. The van der Waals surface area contributed by atoms with Crippen LogP contribution in [0, 0.1) is 6.92 Å². The number of aromatic nitrogens is 2. The van der Waals surface area contributed by atoms with Gasteiger partial charge in [-0.2, -0.15) is 5.10 Å². The second-order valence-corrected chi connectivity index (χ2v) is 4.87. The van der Waals surface area contributed by atoms with Crippen molar-refractivity contribution in [3.8, 4) is 0 Å². The minimum atomic E-state index is 0.562. The molecule has 0 aliphatic carbocycles. The van der Waals surface area contributed by atoms with Gasteiger partial charge < -0.3 is 10.2 Å². The van der Waals surface area contributed by atoms with E-state index >= 15 is 0 Å². The third-order valence-electron chi connectivity index (χ3n) is 3.75. The lowest BCUT2D eigenvalue weighted by Crippen LogP contribution is -2.30. The van der Waals surface area contributed by atoms with Gasteiger partial charge in [0.1, 0.15) is 0 Å². The van der Waals surface area contributed by atoms with Crippen LogP contribution in [0.5, 0.6) is 0 Å². The quantitative estimate of drug-likeness (QED) is 0.871. The Morgan fingerprint density at radius 3 is 2.72 bits per heavy atom. The molecule has 1 aromatic carbocycles. The smallest absolute Gasteiger partial charge is 0.159 e. The Bertz CT molecular complexity index is 567. The van der Waals surface area contributed by atoms with E-state index in [1.165, 1.54) is 17.2 Å². The average molecular weight is 242 g/mol. The van der Waals surface area contributed by atoms with Crippen molar-refractivity contribution in [2.75, 3.05) is 25.0 Å². The van der Waals surface area contributed by atoms with Crippen LogP contribution in [-0.2, 0) is 0 Å². The Morgan fingerprint density at radius 1 is 1.22 bits per heavy atom. The van der Waals surface area contributed by atoms with E-state index in [0.717, 1.165) is 24.6 Å². The van der Waals surface area contributed by atoms with Gasteiger partial charge in [0.05, 0.1) is 5.69 Å². The molecule has 1 aliphatic heterocycles. The van der Waals surface area contributed by atoms with Crippen LogP contribution in [0.15, 0.2) is 24.3 Å². The van der Waals surface area contributed by atoms with Crippen LogP contribution in [-0.4, -0.2) is 36.4 Å². The highest BCUT2D eigenvalue weighted by Crippen LogP contribution is 2.27. The van der Waals surface area contributed by atoms with E-state index in [2.05, 4.69) is 44.7 Å². The van der Waals surface area contributed by atoms with E-state index in [9.17, 15) is 0 Å². The third-order valence-corrected chi connectivity index (χ3v) is 3.75. The summed E-state index contributed by atoms with van der Waals surface area (Å²) in [5.74, 6) is 1.02. The molecule has 0 saturated carbocycles. The molecule has 0 spiro atoms. The van der Waals surface area contributed by atoms with Crippen LogP contribution in [0.1, 0.15) is 12.1 Å². The van der Waals surface area contributed by atoms with Crippen molar-refractivity contribution in [3.05, 3.63) is 30.0 Å². The summed E-state index contributed by atoms with van der Waals surface area (Å²) in [7, 11) is 2.02. The van der Waals surface area contributed by atoms with Gasteiger partial charge in [0.2, 0.25) is 0 Å². The molecule has 0 bridgehead atoms. The van der Waals surface area contributed by atoms with Gasteiger partial charge in [0.25, 0.3) is 0 Å². The summed E-state index contributed by atoms with van der Waals surface area (Å²) in [6.45, 7) is 4.07. The number of hydrogen-bond acceptors (Lipinski definition) is 4. The molecule has 2 aromatic rings. The molecule has 0 amide bonds. The van der Waals surface area contributed by atoms with Crippen molar-refractivity contribution >= 4 is 16.6 Å². The van der Waals surface area contributed by atoms with Crippen molar-refractivity contribution in [3.63, 3.8) is 0 Å². The second kappa shape index (κ2) is 4.53. The molecular weight excluding hydrogens is 224 g/mol. The molecule has 4 nitrogen and oxygen atoms in total. The Balaban J connectivity index is 2.05. The molecule has 1 aromatic heterocycles. The summed E-state index contributed by atoms with van der Waals surface area (Å²) in [5, 5.41) is 14.4. The van der Waals surface area contributed by atoms with Crippen LogP contribution in [0.25, 0.3) is 10.8 Å². The number of anilines is 1. The molecule has 0 radical (unpaired) electrons. The molecule has 1 fully saturated rings. The molecule has 1 aliphatic rings. The zero-order valence-corrected chi connectivity index (χ0v) is 10.8. The number of hydrogen-bond donors (Lipinski definition) is 1. The van der Waals surface area contributed by atoms with E-state index in [1.54, 1.807) is 0 Å². The molecule has 1 unspecified atom stereocenters. The predicted octanol–water partition coefficient (Wildman–Crippen LogP) is 1.74. The van der Waals surface area contributed by atoms with Gasteiger partial charge in [-0.05, 0) is 20.4 Å². The number of nitrogens with one attached hydrogen (secondary N) is 1. The standard InChI is InChI=1S/C14H18N4/c1-10-12-5-3-4-6-13(12)14(17-16-10)18-8-7-11(9-18)15-2/h3-6,11,15H,7-9H2,1-2H3. The normalized spacial score (nSPS) is 19.7. The van der Waals surface area contributed by atoms with Gasteiger partial charge in [0, 0.05) is 29.9 Å². The maximum Gasteiger partial charge on any atom is 0.159 e. The van der Waals surface area contributed by atoms with Crippen LogP contribution in [0.4, 0.5) is 5.82 Å². The summed E-state index contributed by atoms with van der Waals surface area (Å²) in [5.41, 5.74) is 0.999. The fourth-order valence-corrected chi connectivity index (χ4v) is 2.65. The first-order chi connectivity index (χ1) is 8.79. The first-order valence-corrected chi connectivity index (χ1v) is 6.44. The zero-order chi connectivity index (χ0) is 12.5. The minimum absolute atomic E-state index is 0.562. The van der Waals surface area contributed by atoms with Crippen molar-refractivity contribution in [2.45, 2.75) is 19.4 Å². The maximum absolute atomic E-state index is 4.41. The summed E-state index contributed by atoms with van der Waals surface area (Å²) >= 11 is 0. The monoisotopic (exact) mass is 242 g/mol. The van der Waals surface area contributed by atoms with E-state index in [0.29, 0.717) is 6.04 Å². The highest BCUT2D eigenvalue weighted by molar-refractivity contribution is 5.93. The van der Waals surface area contributed by atoms with Gasteiger partial charge in [-0.1, -0.05) is 24.3 Å². The van der Waals surface area contributed by atoms with Crippen molar-refractivity contribution in [1.29, 1.82) is 0 Å². The summed E-state index contributed by atoms with van der Waals surface area (Å²) in [6.07, 6.45) is 1.17. The molecule has 3 rings (SSSR count). The van der Waals surface area contributed by atoms with E-state index in [4.69, 9.17) is 0 Å². The summed E-state index contributed by atoms with van der Waals surface area (Å²) < 4.78 is 0. The van der Waals surface area contributed by atoms with E-state index in [1.807, 2.05) is 14.0 Å². The Kier molecular flexibility index (Phi) is 2.88.